The highest BCUT2D eigenvalue weighted by Crippen LogP contribution is 2.36. The van der Waals surface area contributed by atoms with Crippen molar-refractivity contribution >= 4 is 0 Å². The maximum atomic E-state index is 3.39. The van der Waals surface area contributed by atoms with Crippen LogP contribution in [-0.4, -0.2) is 13.6 Å². The van der Waals surface area contributed by atoms with Gasteiger partial charge in [0, 0.05) is 0 Å². The predicted molar refractivity (Wildman–Crippen MR) is 83.8 cm³/mol. The van der Waals surface area contributed by atoms with E-state index in [4.69, 9.17) is 0 Å². The third-order valence-electron chi connectivity index (χ3n) is 4.66. The zero-order chi connectivity index (χ0) is 13.7. The van der Waals surface area contributed by atoms with Gasteiger partial charge in [0.1, 0.15) is 0 Å². The molecule has 0 aromatic heterocycles. The third kappa shape index (κ3) is 3.82. The van der Waals surface area contributed by atoms with Crippen LogP contribution in [0.3, 0.4) is 0 Å². The largest absolute Gasteiger partial charge is 0.319 e. The monoisotopic (exact) mass is 259 g/mol. The van der Waals surface area contributed by atoms with Crippen molar-refractivity contribution in [2.75, 3.05) is 13.6 Å². The molecule has 1 aromatic rings. The quantitative estimate of drug-likeness (QED) is 0.773. The summed E-state index contributed by atoms with van der Waals surface area (Å²) >= 11 is 0. The average Bonchev–Trinajstić information content (AvgIpc) is 2.65. The van der Waals surface area contributed by atoms with E-state index in [-0.39, 0.29) is 0 Å². The lowest BCUT2D eigenvalue weighted by atomic mass is 9.82. The Morgan fingerprint density at radius 1 is 1.05 bits per heavy atom. The molecule has 2 atom stereocenters. The first-order valence-corrected chi connectivity index (χ1v) is 7.97. The van der Waals surface area contributed by atoms with Crippen LogP contribution < -0.4 is 5.32 Å². The summed E-state index contributed by atoms with van der Waals surface area (Å²) in [6, 6.07) is 9.44. The summed E-state index contributed by atoms with van der Waals surface area (Å²) in [5, 5.41) is 3.39. The van der Waals surface area contributed by atoms with Gasteiger partial charge in [-0.2, -0.15) is 0 Å². The number of rotatable bonds is 4. The zero-order valence-electron chi connectivity index (χ0n) is 12.8. The fourth-order valence-corrected chi connectivity index (χ4v) is 3.46. The van der Waals surface area contributed by atoms with Crippen LogP contribution in [0.5, 0.6) is 0 Å². The maximum absolute atomic E-state index is 3.39. The second-order valence-corrected chi connectivity index (χ2v) is 6.38. The van der Waals surface area contributed by atoms with Gasteiger partial charge in [-0.15, -0.1) is 0 Å². The Morgan fingerprint density at radius 2 is 1.74 bits per heavy atom. The van der Waals surface area contributed by atoms with Crippen molar-refractivity contribution in [3.05, 3.63) is 35.4 Å². The summed E-state index contributed by atoms with van der Waals surface area (Å²) < 4.78 is 0. The van der Waals surface area contributed by atoms with Crippen molar-refractivity contribution in [1.29, 1.82) is 0 Å². The Kier molecular flexibility index (Phi) is 5.45. The first-order valence-electron chi connectivity index (χ1n) is 7.97. The highest BCUT2D eigenvalue weighted by molar-refractivity contribution is 5.27. The molecule has 0 spiro atoms. The molecular weight excluding hydrogens is 230 g/mol. The summed E-state index contributed by atoms with van der Waals surface area (Å²) in [4.78, 5) is 0. The molecule has 1 saturated carbocycles. The van der Waals surface area contributed by atoms with E-state index >= 15 is 0 Å². The fraction of sp³-hybridized carbons (Fsp3) is 0.667. The molecule has 0 heterocycles. The molecule has 1 heteroatoms. The minimum absolute atomic E-state index is 0.635. The fourth-order valence-electron chi connectivity index (χ4n) is 3.46. The van der Waals surface area contributed by atoms with E-state index in [9.17, 15) is 0 Å². The van der Waals surface area contributed by atoms with Crippen LogP contribution in [0.4, 0.5) is 0 Å². The van der Waals surface area contributed by atoms with Gasteiger partial charge in [0.2, 0.25) is 0 Å². The van der Waals surface area contributed by atoms with E-state index in [1.165, 1.54) is 37.7 Å². The molecule has 0 aliphatic heterocycles. The molecule has 1 fully saturated rings. The number of nitrogens with one attached hydrogen (secondary N) is 1. The Labute approximate surface area is 118 Å². The molecule has 0 bridgehead atoms. The van der Waals surface area contributed by atoms with Crippen LogP contribution in [0, 0.1) is 5.92 Å². The van der Waals surface area contributed by atoms with Crippen LogP contribution >= 0.6 is 0 Å². The van der Waals surface area contributed by atoms with Crippen LogP contribution in [0.15, 0.2) is 24.3 Å². The smallest absolute Gasteiger partial charge is 0.00177 e. The second kappa shape index (κ2) is 7.09. The van der Waals surface area contributed by atoms with Crippen LogP contribution in [0.25, 0.3) is 0 Å². The van der Waals surface area contributed by atoms with E-state index in [2.05, 4.69) is 50.5 Å². The number of hydrogen-bond acceptors (Lipinski definition) is 1. The number of hydrogen-bond donors (Lipinski definition) is 1. The van der Waals surface area contributed by atoms with E-state index in [1.807, 2.05) is 0 Å². The van der Waals surface area contributed by atoms with Gasteiger partial charge in [-0.05, 0) is 55.3 Å². The minimum Gasteiger partial charge on any atom is -0.319 e. The van der Waals surface area contributed by atoms with E-state index in [0.29, 0.717) is 5.92 Å². The Hall–Kier alpha value is -0.820. The summed E-state index contributed by atoms with van der Waals surface area (Å²) in [6.07, 6.45) is 6.98. The highest BCUT2D eigenvalue weighted by atomic mass is 14.8. The first kappa shape index (κ1) is 14.6. The SMILES string of the molecule is CNCC1CCCCCC1c1ccc(C(C)C)cc1. The van der Waals surface area contributed by atoms with E-state index < -0.39 is 0 Å². The Bertz CT molecular complexity index is 366. The summed E-state index contributed by atoms with van der Waals surface area (Å²) in [5.41, 5.74) is 3.02. The Morgan fingerprint density at radius 3 is 2.37 bits per heavy atom. The van der Waals surface area contributed by atoms with Crippen molar-refractivity contribution < 1.29 is 0 Å². The molecule has 1 aliphatic rings. The highest BCUT2D eigenvalue weighted by Gasteiger charge is 2.24. The molecule has 2 rings (SSSR count). The van der Waals surface area contributed by atoms with Crippen molar-refractivity contribution in [3.8, 4) is 0 Å². The van der Waals surface area contributed by atoms with Gasteiger partial charge in [0.15, 0.2) is 0 Å². The summed E-state index contributed by atoms with van der Waals surface area (Å²) in [6.45, 7) is 5.70. The molecule has 2 unspecified atom stereocenters. The number of benzene rings is 1. The molecule has 1 aliphatic carbocycles. The van der Waals surface area contributed by atoms with Crippen LogP contribution in [0.1, 0.15) is 68.9 Å². The van der Waals surface area contributed by atoms with Crippen molar-refractivity contribution in [3.63, 3.8) is 0 Å². The van der Waals surface area contributed by atoms with Gasteiger partial charge in [0.05, 0.1) is 0 Å². The normalized spacial score (nSPS) is 24.4. The molecule has 106 valence electrons. The molecule has 19 heavy (non-hydrogen) atoms. The standard InChI is InChI=1S/C18H29N/c1-14(2)15-9-11-16(12-10-15)18-8-6-4-5-7-17(18)13-19-3/h9-12,14,17-19H,4-8,13H2,1-3H3. The van der Waals surface area contributed by atoms with Gasteiger partial charge in [-0.3, -0.25) is 0 Å². The molecule has 1 N–H and O–H groups in total. The lowest BCUT2D eigenvalue weighted by Crippen LogP contribution is -2.24. The van der Waals surface area contributed by atoms with Gasteiger partial charge in [-0.1, -0.05) is 57.4 Å². The van der Waals surface area contributed by atoms with Crippen LogP contribution in [0.2, 0.25) is 0 Å². The van der Waals surface area contributed by atoms with Gasteiger partial charge < -0.3 is 5.32 Å². The minimum atomic E-state index is 0.635. The molecule has 1 nitrogen and oxygen atoms in total. The third-order valence-corrected chi connectivity index (χ3v) is 4.66. The molecule has 0 saturated heterocycles. The zero-order valence-corrected chi connectivity index (χ0v) is 12.8. The lowest BCUT2D eigenvalue weighted by molar-refractivity contribution is 0.386. The predicted octanol–water partition coefficient (Wildman–Crippen LogP) is 4.69. The van der Waals surface area contributed by atoms with Gasteiger partial charge >= 0.3 is 0 Å². The maximum Gasteiger partial charge on any atom is -0.00177 e. The summed E-state index contributed by atoms with van der Waals surface area (Å²) in [7, 11) is 2.09. The van der Waals surface area contributed by atoms with E-state index in [1.54, 1.807) is 5.56 Å². The lowest BCUT2D eigenvalue weighted by Gasteiger charge is -2.25. The average molecular weight is 259 g/mol. The molecule has 0 amide bonds. The first-order chi connectivity index (χ1) is 9.22. The van der Waals surface area contributed by atoms with Crippen molar-refractivity contribution in [1.82, 2.24) is 5.32 Å². The molecule has 1 aromatic carbocycles. The van der Waals surface area contributed by atoms with Gasteiger partial charge in [0.25, 0.3) is 0 Å². The van der Waals surface area contributed by atoms with Crippen molar-refractivity contribution in [2.24, 2.45) is 5.92 Å². The van der Waals surface area contributed by atoms with Crippen LogP contribution in [-0.2, 0) is 0 Å². The van der Waals surface area contributed by atoms with Gasteiger partial charge in [-0.25, -0.2) is 0 Å². The molecular formula is C18H29N. The second-order valence-electron chi connectivity index (χ2n) is 6.38. The summed E-state index contributed by atoms with van der Waals surface area (Å²) in [5.74, 6) is 2.21. The Balaban J connectivity index is 2.15. The molecule has 0 radical (unpaired) electrons. The van der Waals surface area contributed by atoms with E-state index in [0.717, 1.165) is 18.4 Å². The topological polar surface area (TPSA) is 12.0 Å². The van der Waals surface area contributed by atoms with Crippen molar-refractivity contribution in [2.45, 2.75) is 57.8 Å².